The molecule has 0 radical (unpaired) electrons. The quantitative estimate of drug-likeness (QED) is 0.590. The maximum absolute atomic E-state index is 3.98. The highest BCUT2D eigenvalue weighted by molar-refractivity contribution is 4.99. The summed E-state index contributed by atoms with van der Waals surface area (Å²) in [7, 11) is 0. The molecule has 2 aliphatic carbocycles. The Labute approximate surface area is 80.2 Å². The van der Waals surface area contributed by atoms with Crippen molar-refractivity contribution in [1.82, 2.24) is 4.98 Å². The molecule has 0 spiro atoms. The van der Waals surface area contributed by atoms with Crippen LogP contribution >= 0.6 is 0 Å². The summed E-state index contributed by atoms with van der Waals surface area (Å²) in [5, 5.41) is 0. The van der Waals surface area contributed by atoms with Gasteiger partial charge < -0.3 is 0 Å². The average molecular weight is 175 g/mol. The van der Waals surface area contributed by atoms with Gasteiger partial charge in [-0.15, -0.1) is 0 Å². The van der Waals surface area contributed by atoms with E-state index in [4.69, 9.17) is 0 Å². The lowest BCUT2D eigenvalue weighted by atomic mass is 10.3. The summed E-state index contributed by atoms with van der Waals surface area (Å²) in [4.78, 5) is 3.98. The molecule has 1 nitrogen and oxygen atoms in total. The van der Waals surface area contributed by atoms with Crippen molar-refractivity contribution in [2.45, 2.75) is 32.6 Å². The molecule has 2 unspecified atom stereocenters. The van der Waals surface area contributed by atoms with Crippen LogP contribution in [0.25, 0.3) is 0 Å². The Morgan fingerprint density at radius 1 is 1.23 bits per heavy atom. The normalized spacial score (nSPS) is 28.7. The van der Waals surface area contributed by atoms with Crippen LogP contribution in [0.3, 0.4) is 0 Å². The van der Waals surface area contributed by atoms with Crippen molar-refractivity contribution in [1.29, 1.82) is 0 Å². The van der Waals surface area contributed by atoms with Crippen LogP contribution in [0.15, 0.2) is 24.4 Å². The molecule has 2 saturated carbocycles. The Kier molecular flexibility index (Phi) is 2.62. The summed E-state index contributed by atoms with van der Waals surface area (Å²) in [5.74, 6) is 2.43. The number of fused-ring (bicyclic) bond motifs is 1. The Morgan fingerprint density at radius 3 is 2.23 bits per heavy atom. The molecule has 0 N–H and O–H groups in total. The summed E-state index contributed by atoms with van der Waals surface area (Å²) in [6.07, 6.45) is 8.03. The molecule has 0 aliphatic heterocycles. The van der Waals surface area contributed by atoms with Gasteiger partial charge in [-0.25, -0.2) is 0 Å². The highest BCUT2D eigenvalue weighted by Gasteiger charge is 2.40. The Bertz CT molecular complexity index is 247. The van der Waals surface area contributed by atoms with Crippen molar-refractivity contribution in [3.8, 4) is 0 Å². The van der Waals surface area contributed by atoms with Crippen molar-refractivity contribution in [2.75, 3.05) is 0 Å². The zero-order valence-electron chi connectivity index (χ0n) is 8.24. The van der Waals surface area contributed by atoms with Gasteiger partial charge in [-0.1, -0.05) is 25.3 Å². The molecule has 2 fully saturated rings. The highest BCUT2D eigenvalue weighted by Crippen LogP contribution is 2.51. The average Bonchev–Trinajstić information content (AvgIpc) is 2.76. The summed E-state index contributed by atoms with van der Waals surface area (Å²) in [6, 6.07) is 5.86. The Balaban J connectivity index is 0.000000101. The maximum Gasteiger partial charge on any atom is 0.0372 e. The molecule has 0 saturated heterocycles. The van der Waals surface area contributed by atoms with E-state index in [1.54, 1.807) is 25.5 Å². The minimum absolute atomic E-state index is 1.07. The fourth-order valence-electron chi connectivity index (χ4n) is 2.11. The maximum atomic E-state index is 3.98. The highest BCUT2D eigenvalue weighted by atomic mass is 14.6. The third-order valence-electron chi connectivity index (χ3n) is 3.03. The van der Waals surface area contributed by atoms with Crippen LogP contribution in [0.5, 0.6) is 0 Å². The number of pyridine rings is 1. The van der Waals surface area contributed by atoms with Crippen LogP contribution in [-0.2, 0) is 0 Å². The predicted octanol–water partition coefficient (Wildman–Crippen LogP) is 3.20. The van der Waals surface area contributed by atoms with Gasteiger partial charge in [-0.2, -0.15) is 0 Å². The number of aryl methyl sites for hydroxylation is 1. The first kappa shape index (κ1) is 8.74. The predicted molar refractivity (Wildman–Crippen MR) is 54.4 cm³/mol. The van der Waals surface area contributed by atoms with Crippen molar-refractivity contribution >= 4 is 0 Å². The third-order valence-corrected chi connectivity index (χ3v) is 3.03. The van der Waals surface area contributed by atoms with Crippen LogP contribution < -0.4 is 0 Å². The number of hydrogen-bond acceptors (Lipinski definition) is 1. The first-order valence-corrected chi connectivity index (χ1v) is 5.24. The summed E-state index contributed by atoms with van der Waals surface area (Å²) in [6.45, 7) is 1.97. The lowest BCUT2D eigenvalue weighted by Gasteiger charge is -1.82. The van der Waals surface area contributed by atoms with E-state index >= 15 is 0 Å². The van der Waals surface area contributed by atoms with Crippen molar-refractivity contribution in [2.24, 2.45) is 11.8 Å². The molecule has 70 valence electrons. The molecule has 1 heterocycles. The van der Waals surface area contributed by atoms with E-state index in [9.17, 15) is 0 Å². The molecule has 13 heavy (non-hydrogen) atoms. The molecule has 0 amide bonds. The van der Waals surface area contributed by atoms with E-state index < -0.39 is 0 Å². The number of rotatable bonds is 0. The Hall–Kier alpha value is -0.850. The number of hydrogen-bond donors (Lipinski definition) is 0. The molecule has 0 bridgehead atoms. The summed E-state index contributed by atoms with van der Waals surface area (Å²) < 4.78 is 0. The first-order chi connectivity index (χ1) is 6.36. The molecule has 2 aliphatic rings. The van der Waals surface area contributed by atoms with E-state index in [0.717, 1.165) is 5.69 Å². The fraction of sp³-hybridized carbons (Fsp3) is 0.583. The third kappa shape index (κ3) is 2.55. The van der Waals surface area contributed by atoms with Crippen molar-refractivity contribution in [3.05, 3.63) is 30.1 Å². The number of aromatic nitrogens is 1. The smallest absolute Gasteiger partial charge is 0.0372 e. The van der Waals surface area contributed by atoms with Gasteiger partial charge in [0.15, 0.2) is 0 Å². The lowest BCUT2D eigenvalue weighted by molar-refractivity contribution is 0.735. The molecule has 1 aromatic rings. The van der Waals surface area contributed by atoms with E-state index in [-0.39, 0.29) is 0 Å². The summed E-state index contributed by atoms with van der Waals surface area (Å²) >= 11 is 0. The Morgan fingerprint density at radius 2 is 2.00 bits per heavy atom. The standard InChI is InChI=1S/C6H7N.C6H10/c1-6-4-2-3-5-7-6;1-2-5-4-6(5)3-1/h2-5H,1H3;5-6H,1-4H2. The monoisotopic (exact) mass is 175 g/mol. The van der Waals surface area contributed by atoms with E-state index in [1.165, 1.54) is 18.3 Å². The minimum atomic E-state index is 1.07. The van der Waals surface area contributed by atoms with Crippen LogP contribution in [0.1, 0.15) is 31.4 Å². The van der Waals surface area contributed by atoms with Gasteiger partial charge in [0.1, 0.15) is 0 Å². The van der Waals surface area contributed by atoms with Gasteiger partial charge in [0, 0.05) is 11.9 Å². The molecule has 1 heteroatoms. The van der Waals surface area contributed by atoms with Crippen LogP contribution in [0, 0.1) is 18.8 Å². The van der Waals surface area contributed by atoms with Gasteiger partial charge >= 0.3 is 0 Å². The molecular formula is C12H17N. The molecular weight excluding hydrogens is 158 g/mol. The first-order valence-electron chi connectivity index (χ1n) is 5.24. The van der Waals surface area contributed by atoms with Crippen LogP contribution in [0.2, 0.25) is 0 Å². The summed E-state index contributed by atoms with van der Waals surface area (Å²) in [5.41, 5.74) is 1.07. The lowest BCUT2D eigenvalue weighted by Crippen LogP contribution is -1.72. The second-order valence-electron chi connectivity index (χ2n) is 4.16. The zero-order chi connectivity index (χ0) is 9.10. The minimum Gasteiger partial charge on any atom is -0.262 e. The van der Waals surface area contributed by atoms with Gasteiger partial charge in [-0.3, -0.25) is 4.98 Å². The zero-order valence-corrected chi connectivity index (χ0v) is 8.24. The van der Waals surface area contributed by atoms with E-state index in [2.05, 4.69) is 4.98 Å². The van der Waals surface area contributed by atoms with Gasteiger partial charge in [0.2, 0.25) is 0 Å². The molecule has 1 aromatic heterocycles. The second-order valence-corrected chi connectivity index (χ2v) is 4.16. The van der Waals surface area contributed by atoms with Gasteiger partial charge in [-0.05, 0) is 37.3 Å². The fourth-order valence-corrected chi connectivity index (χ4v) is 2.11. The van der Waals surface area contributed by atoms with E-state index in [0.29, 0.717) is 0 Å². The van der Waals surface area contributed by atoms with Gasteiger partial charge in [0.25, 0.3) is 0 Å². The molecule has 0 aromatic carbocycles. The molecule has 2 atom stereocenters. The topological polar surface area (TPSA) is 12.9 Å². The van der Waals surface area contributed by atoms with Crippen LogP contribution in [-0.4, -0.2) is 4.98 Å². The molecule has 3 rings (SSSR count). The van der Waals surface area contributed by atoms with E-state index in [1.807, 2.05) is 25.1 Å². The van der Waals surface area contributed by atoms with Crippen molar-refractivity contribution in [3.63, 3.8) is 0 Å². The van der Waals surface area contributed by atoms with Crippen molar-refractivity contribution < 1.29 is 0 Å². The second kappa shape index (κ2) is 3.91. The number of nitrogens with zero attached hydrogens (tertiary/aromatic N) is 1. The van der Waals surface area contributed by atoms with Gasteiger partial charge in [0.05, 0.1) is 0 Å². The largest absolute Gasteiger partial charge is 0.262 e. The SMILES string of the molecule is C1CC2CC2C1.Cc1ccccn1. The van der Waals surface area contributed by atoms with Crippen LogP contribution in [0.4, 0.5) is 0 Å².